The molecule has 3 nitrogen and oxygen atoms in total. The Morgan fingerprint density at radius 1 is 1.35 bits per heavy atom. The van der Waals surface area contributed by atoms with E-state index in [-0.39, 0.29) is 6.04 Å². The molecule has 0 aliphatic heterocycles. The molecule has 20 heavy (non-hydrogen) atoms. The monoisotopic (exact) mass is 292 g/mol. The van der Waals surface area contributed by atoms with Gasteiger partial charge in [0, 0.05) is 35.9 Å². The first-order chi connectivity index (χ1) is 9.60. The maximum atomic E-state index is 6.36. The van der Waals surface area contributed by atoms with Crippen molar-refractivity contribution in [3.8, 4) is 0 Å². The summed E-state index contributed by atoms with van der Waals surface area (Å²) in [5, 5.41) is 0.783. The van der Waals surface area contributed by atoms with Crippen LogP contribution in [0.3, 0.4) is 0 Å². The van der Waals surface area contributed by atoms with Crippen LogP contribution < -0.4 is 10.6 Å². The SMILES string of the molecule is CCC(N)Cc1ccc(N(C)Cc2ccoc2)cc1Cl. The van der Waals surface area contributed by atoms with Gasteiger partial charge in [-0.2, -0.15) is 0 Å². The molecule has 1 aromatic heterocycles. The summed E-state index contributed by atoms with van der Waals surface area (Å²) < 4.78 is 5.08. The summed E-state index contributed by atoms with van der Waals surface area (Å²) in [5.74, 6) is 0. The van der Waals surface area contributed by atoms with Gasteiger partial charge in [0.05, 0.1) is 12.5 Å². The number of anilines is 1. The van der Waals surface area contributed by atoms with Crippen LogP contribution in [0.1, 0.15) is 24.5 Å². The molecule has 2 N–H and O–H groups in total. The molecule has 0 spiro atoms. The van der Waals surface area contributed by atoms with E-state index in [1.807, 2.05) is 19.2 Å². The quantitative estimate of drug-likeness (QED) is 0.879. The van der Waals surface area contributed by atoms with Crippen LogP contribution in [0.2, 0.25) is 5.02 Å². The van der Waals surface area contributed by atoms with Gasteiger partial charge in [0.25, 0.3) is 0 Å². The van der Waals surface area contributed by atoms with E-state index >= 15 is 0 Å². The Morgan fingerprint density at radius 2 is 2.15 bits per heavy atom. The molecule has 0 radical (unpaired) electrons. The fourth-order valence-electron chi connectivity index (χ4n) is 2.11. The van der Waals surface area contributed by atoms with Gasteiger partial charge in [0.2, 0.25) is 0 Å². The van der Waals surface area contributed by atoms with Crippen LogP contribution in [0.15, 0.2) is 41.2 Å². The third kappa shape index (κ3) is 3.78. The van der Waals surface area contributed by atoms with Crippen LogP contribution in [0.5, 0.6) is 0 Å². The zero-order chi connectivity index (χ0) is 14.5. The Kier molecular flexibility index (Phi) is 5.10. The van der Waals surface area contributed by atoms with Crippen LogP contribution in [-0.4, -0.2) is 13.1 Å². The third-order valence-electron chi connectivity index (χ3n) is 3.48. The first kappa shape index (κ1) is 14.9. The van der Waals surface area contributed by atoms with Gasteiger partial charge in [0.15, 0.2) is 0 Å². The summed E-state index contributed by atoms with van der Waals surface area (Å²) in [6.45, 7) is 2.88. The minimum atomic E-state index is 0.169. The predicted octanol–water partition coefficient (Wildman–Crippen LogP) is 3.85. The molecule has 0 saturated heterocycles. The second-order valence-electron chi connectivity index (χ2n) is 5.14. The average Bonchev–Trinajstić information content (AvgIpc) is 2.93. The largest absolute Gasteiger partial charge is 0.472 e. The molecule has 1 unspecified atom stereocenters. The lowest BCUT2D eigenvalue weighted by Crippen LogP contribution is -2.21. The van der Waals surface area contributed by atoms with Crippen LogP contribution in [-0.2, 0) is 13.0 Å². The lowest BCUT2D eigenvalue weighted by Gasteiger charge is -2.20. The van der Waals surface area contributed by atoms with Crippen molar-refractivity contribution in [3.63, 3.8) is 0 Å². The summed E-state index contributed by atoms with van der Waals surface area (Å²) in [4.78, 5) is 2.14. The standard InChI is InChI=1S/C16H21ClN2O/c1-3-14(18)8-13-4-5-15(9-16(13)17)19(2)10-12-6-7-20-11-12/h4-7,9,11,14H,3,8,10,18H2,1-2H3. The first-order valence-corrected chi connectivity index (χ1v) is 7.24. The minimum absolute atomic E-state index is 0.169. The summed E-state index contributed by atoms with van der Waals surface area (Å²) in [6, 6.07) is 8.29. The third-order valence-corrected chi connectivity index (χ3v) is 3.84. The van der Waals surface area contributed by atoms with Crippen molar-refractivity contribution < 1.29 is 4.42 Å². The Morgan fingerprint density at radius 3 is 2.75 bits per heavy atom. The van der Waals surface area contributed by atoms with E-state index < -0.39 is 0 Å². The average molecular weight is 293 g/mol. The van der Waals surface area contributed by atoms with Gasteiger partial charge in [-0.3, -0.25) is 0 Å². The van der Waals surface area contributed by atoms with Crippen molar-refractivity contribution in [3.05, 3.63) is 52.9 Å². The molecule has 0 amide bonds. The molecule has 0 aliphatic rings. The van der Waals surface area contributed by atoms with Crippen LogP contribution in [0, 0.1) is 0 Å². The van der Waals surface area contributed by atoms with Gasteiger partial charge in [-0.05, 0) is 36.6 Å². The smallest absolute Gasteiger partial charge is 0.0952 e. The minimum Gasteiger partial charge on any atom is -0.472 e. The number of nitrogens with zero attached hydrogens (tertiary/aromatic N) is 1. The molecular formula is C16H21ClN2O. The zero-order valence-corrected chi connectivity index (χ0v) is 12.7. The summed E-state index contributed by atoms with van der Waals surface area (Å²) >= 11 is 6.36. The van der Waals surface area contributed by atoms with E-state index in [0.717, 1.165) is 41.2 Å². The lowest BCUT2D eigenvalue weighted by molar-refractivity contribution is 0.563. The summed E-state index contributed by atoms with van der Waals surface area (Å²) in [5.41, 5.74) is 9.32. The first-order valence-electron chi connectivity index (χ1n) is 6.86. The molecule has 2 rings (SSSR count). The highest BCUT2D eigenvalue weighted by Gasteiger charge is 2.09. The molecule has 1 heterocycles. The van der Waals surface area contributed by atoms with Crippen molar-refractivity contribution in [2.24, 2.45) is 5.73 Å². The van der Waals surface area contributed by atoms with E-state index in [1.54, 1.807) is 12.5 Å². The zero-order valence-electron chi connectivity index (χ0n) is 12.0. The molecule has 2 aromatic rings. The normalized spacial score (nSPS) is 12.4. The summed E-state index contributed by atoms with van der Waals surface area (Å²) in [7, 11) is 2.04. The van der Waals surface area contributed by atoms with E-state index in [0.29, 0.717) is 0 Å². The molecular weight excluding hydrogens is 272 g/mol. The number of hydrogen-bond donors (Lipinski definition) is 1. The number of rotatable bonds is 6. The summed E-state index contributed by atoms with van der Waals surface area (Å²) in [6.07, 6.45) is 5.22. The van der Waals surface area contributed by atoms with Crippen molar-refractivity contribution in [2.75, 3.05) is 11.9 Å². The van der Waals surface area contributed by atoms with E-state index in [2.05, 4.69) is 24.0 Å². The number of halogens is 1. The van der Waals surface area contributed by atoms with Gasteiger partial charge in [-0.1, -0.05) is 24.6 Å². The second kappa shape index (κ2) is 6.82. The van der Waals surface area contributed by atoms with E-state index in [1.165, 1.54) is 0 Å². The fraction of sp³-hybridized carbons (Fsp3) is 0.375. The van der Waals surface area contributed by atoms with Crippen molar-refractivity contribution in [2.45, 2.75) is 32.4 Å². The van der Waals surface area contributed by atoms with Gasteiger partial charge in [-0.15, -0.1) is 0 Å². The highest BCUT2D eigenvalue weighted by Crippen LogP contribution is 2.25. The van der Waals surface area contributed by atoms with Crippen molar-refractivity contribution in [1.82, 2.24) is 0 Å². The van der Waals surface area contributed by atoms with Gasteiger partial charge in [-0.25, -0.2) is 0 Å². The lowest BCUT2D eigenvalue weighted by atomic mass is 10.0. The van der Waals surface area contributed by atoms with Gasteiger partial charge in [0.1, 0.15) is 0 Å². The molecule has 4 heteroatoms. The van der Waals surface area contributed by atoms with Crippen LogP contribution in [0.4, 0.5) is 5.69 Å². The van der Waals surface area contributed by atoms with E-state index in [4.69, 9.17) is 21.8 Å². The maximum Gasteiger partial charge on any atom is 0.0952 e. The Hall–Kier alpha value is -1.45. The van der Waals surface area contributed by atoms with Gasteiger partial charge < -0.3 is 15.1 Å². The fourth-order valence-corrected chi connectivity index (χ4v) is 2.37. The molecule has 0 saturated carbocycles. The van der Waals surface area contributed by atoms with Crippen molar-refractivity contribution >= 4 is 17.3 Å². The highest BCUT2D eigenvalue weighted by atomic mass is 35.5. The molecule has 1 atom stereocenters. The van der Waals surface area contributed by atoms with Crippen LogP contribution >= 0.6 is 11.6 Å². The second-order valence-corrected chi connectivity index (χ2v) is 5.54. The Bertz CT molecular complexity index is 539. The van der Waals surface area contributed by atoms with Crippen molar-refractivity contribution in [1.29, 1.82) is 0 Å². The van der Waals surface area contributed by atoms with Gasteiger partial charge >= 0.3 is 0 Å². The predicted molar refractivity (Wildman–Crippen MR) is 84.2 cm³/mol. The molecule has 108 valence electrons. The Labute approximate surface area is 125 Å². The molecule has 0 bridgehead atoms. The number of furan rings is 1. The number of hydrogen-bond acceptors (Lipinski definition) is 3. The topological polar surface area (TPSA) is 42.4 Å². The molecule has 0 aliphatic carbocycles. The highest BCUT2D eigenvalue weighted by molar-refractivity contribution is 6.31. The maximum absolute atomic E-state index is 6.36. The molecule has 0 fully saturated rings. The Balaban J connectivity index is 2.08. The number of benzene rings is 1. The van der Waals surface area contributed by atoms with E-state index in [9.17, 15) is 0 Å². The molecule has 1 aromatic carbocycles. The van der Waals surface area contributed by atoms with Crippen LogP contribution in [0.25, 0.3) is 0 Å². The number of nitrogens with two attached hydrogens (primary N) is 1.